The highest BCUT2D eigenvalue weighted by Gasteiger charge is 2.23. The number of morpholine rings is 1. The summed E-state index contributed by atoms with van der Waals surface area (Å²) in [5, 5.41) is 19.0. The Hall–Kier alpha value is -2.38. The number of aromatic nitrogens is 4. The number of methoxy groups -OCH3 is 1. The van der Waals surface area contributed by atoms with Crippen LogP contribution in [-0.4, -0.2) is 90.0 Å². The van der Waals surface area contributed by atoms with Crippen molar-refractivity contribution in [2.75, 3.05) is 70.0 Å². The summed E-state index contributed by atoms with van der Waals surface area (Å²) in [4.78, 5) is 30.0. The average Bonchev–Trinajstić information content (AvgIpc) is 2.73. The standard InChI is InChI=1S/C15H22N6O6/c1-24-14-12-11(16-10-17-14)13(20-2-6-25-7-3-20)19-15(18-12)21(26-8-4-22)27-9-5-23/h10,22-23H,2-9H2,1H3. The van der Waals surface area contributed by atoms with Crippen molar-refractivity contribution < 1.29 is 29.4 Å². The van der Waals surface area contributed by atoms with Gasteiger partial charge in [-0.15, -0.1) is 0 Å². The fraction of sp³-hybridized carbons (Fsp3) is 0.600. The molecule has 0 aliphatic carbocycles. The van der Waals surface area contributed by atoms with Gasteiger partial charge in [-0.3, -0.25) is 0 Å². The third-order valence-corrected chi connectivity index (χ3v) is 3.69. The second kappa shape index (κ2) is 9.53. The van der Waals surface area contributed by atoms with Crippen LogP contribution < -0.4 is 14.9 Å². The average molecular weight is 382 g/mol. The van der Waals surface area contributed by atoms with Gasteiger partial charge in [-0.25, -0.2) is 19.6 Å². The molecule has 1 fully saturated rings. The maximum absolute atomic E-state index is 9.04. The smallest absolute Gasteiger partial charge is 0.280 e. The molecule has 0 aromatic carbocycles. The van der Waals surface area contributed by atoms with Crippen LogP contribution in [0, 0.1) is 0 Å². The van der Waals surface area contributed by atoms with Crippen molar-refractivity contribution in [3.05, 3.63) is 6.33 Å². The Morgan fingerprint density at radius 2 is 1.78 bits per heavy atom. The molecule has 0 bridgehead atoms. The van der Waals surface area contributed by atoms with Crippen molar-refractivity contribution in [1.29, 1.82) is 0 Å². The number of fused-ring (bicyclic) bond motifs is 1. The molecule has 0 spiro atoms. The lowest BCUT2D eigenvalue weighted by Gasteiger charge is -2.29. The van der Waals surface area contributed by atoms with Crippen molar-refractivity contribution >= 4 is 22.8 Å². The Morgan fingerprint density at radius 3 is 2.41 bits per heavy atom. The fourth-order valence-corrected chi connectivity index (χ4v) is 2.53. The molecule has 1 aliphatic rings. The van der Waals surface area contributed by atoms with E-state index in [2.05, 4.69) is 19.9 Å². The minimum atomic E-state index is -0.227. The third kappa shape index (κ3) is 4.48. The second-order valence-electron chi connectivity index (χ2n) is 5.40. The number of aliphatic hydroxyl groups is 2. The van der Waals surface area contributed by atoms with E-state index in [1.54, 1.807) is 0 Å². The molecule has 148 valence electrons. The molecular weight excluding hydrogens is 360 g/mol. The summed E-state index contributed by atoms with van der Waals surface area (Å²) in [7, 11) is 1.49. The summed E-state index contributed by atoms with van der Waals surface area (Å²) in [5.74, 6) is 0.908. The van der Waals surface area contributed by atoms with Crippen LogP contribution in [-0.2, 0) is 14.4 Å². The van der Waals surface area contributed by atoms with Crippen LogP contribution in [0.4, 0.5) is 11.8 Å². The first-order valence-electron chi connectivity index (χ1n) is 8.45. The first-order chi connectivity index (χ1) is 13.3. The summed E-state index contributed by atoms with van der Waals surface area (Å²) >= 11 is 0. The van der Waals surface area contributed by atoms with Crippen LogP contribution in [0.1, 0.15) is 0 Å². The van der Waals surface area contributed by atoms with Gasteiger partial charge in [0.2, 0.25) is 5.88 Å². The lowest BCUT2D eigenvalue weighted by molar-refractivity contribution is -0.106. The quantitative estimate of drug-likeness (QED) is 0.511. The van der Waals surface area contributed by atoms with E-state index >= 15 is 0 Å². The van der Waals surface area contributed by atoms with Gasteiger partial charge in [0.1, 0.15) is 25.1 Å². The number of anilines is 2. The van der Waals surface area contributed by atoms with E-state index in [-0.39, 0.29) is 38.3 Å². The molecule has 2 N–H and O–H groups in total. The fourth-order valence-electron chi connectivity index (χ4n) is 2.53. The molecule has 3 heterocycles. The van der Waals surface area contributed by atoms with Gasteiger partial charge in [-0.1, -0.05) is 5.23 Å². The van der Waals surface area contributed by atoms with Gasteiger partial charge < -0.3 is 24.6 Å². The number of rotatable bonds is 9. The largest absolute Gasteiger partial charge is 0.479 e. The molecule has 27 heavy (non-hydrogen) atoms. The summed E-state index contributed by atoms with van der Waals surface area (Å²) in [6.07, 6.45) is 1.39. The lowest BCUT2D eigenvalue weighted by Crippen LogP contribution is -2.37. The van der Waals surface area contributed by atoms with Crippen LogP contribution in [0.3, 0.4) is 0 Å². The van der Waals surface area contributed by atoms with Crippen LogP contribution in [0.25, 0.3) is 11.0 Å². The Balaban J connectivity index is 2.07. The molecule has 1 saturated heterocycles. The minimum Gasteiger partial charge on any atom is -0.479 e. The van der Waals surface area contributed by atoms with Crippen molar-refractivity contribution in [2.45, 2.75) is 0 Å². The molecule has 0 radical (unpaired) electrons. The zero-order chi connectivity index (χ0) is 19.1. The summed E-state index contributed by atoms with van der Waals surface area (Å²) < 4.78 is 10.7. The van der Waals surface area contributed by atoms with Gasteiger partial charge in [-0.05, 0) is 0 Å². The van der Waals surface area contributed by atoms with E-state index in [4.69, 9.17) is 29.4 Å². The molecule has 0 unspecified atom stereocenters. The first-order valence-corrected chi connectivity index (χ1v) is 8.45. The predicted molar refractivity (Wildman–Crippen MR) is 93.3 cm³/mol. The van der Waals surface area contributed by atoms with Gasteiger partial charge in [0.25, 0.3) is 5.95 Å². The third-order valence-electron chi connectivity index (χ3n) is 3.69. The zero-order valence-electron chi connectivity index (χ0n) is 14.9. The van der Waals surface area contributed by atoms with Crippen molar-refractivity contribution in [3.63, 3.8) is 0 Å². The molecule has 2 aromatic heterocycles. The Labute approximate surface area is 155 Å². The summed E-state index contributed by atoms with van der Waals surface area (Å²) in [5.41, 5.74) is 0.911. The Kier molecular flexibility index (Phi) is 6.84. The molecular formula is C15H22N6O6. The van der Waals surface area contributed by atoms with E-state index in [1.807, 2.05) is 4.90 Å². The Bertz CT molecular complexity index is 736. The van der Waals surface area contributed by atoms with Crippen LogP contribution >= 0.6 is 0 Å². The van der Waals surface area contributed by atoms with Crippen LogP contribution in [0.5, 0.6) is 5.88 Å². The predicted octanol–water partition coefficient (Wildman–Crippen LogP) is -1.08. The zero-order valence-corrected chi connectivity index (χ0v) is 14.9. The molecule has 12 nitrogen and oxygen atoms in total. The molecule has 12 heteroatoms. The highest BCUT2D eigenvalue weighted by molar-refractivity contribution is 5.89. The van der Waals surface area contributed by atoms with Crippen LogP contribution in [0.2, 0.25) is 0 Å². The van der Waals surface area contributed by atoms with E-state index in [0.29, 0.717) is 43.2 Å². The number of aliphatic hydroxyl groups excluding tert-OH is 2. The monoisotopic (exact) mass is 382 g/mol. The first kappa shape index (κ1) is 19.4. The highest BCUT2D eigenvalue weighted by Crippen LogP contribution is 2.29. The van der Waals surface area contributed by atoms with Gasteiger partial charge in [0.15, 0.2) is 11.3 Å². The summed E-state index contributed by atoms with van der Waals surface area (Å²) in [6.45, 7) is 1.86. The highest BCUT2D eigenvalue weighted by atomic mass is 17.0. The number of ether oxygens (including phenoxy) is 2. The van der Waals surface area contributed by atoms with Gasteiger partial charge in [0, 0.05) is 13.1 Å². The Morgan fingerprint density at radius 1 is 1.07 bits per heavy atom. The number of nitrogens with zero attached hydrogens (tertiary/aromatic N) is 6. The van der Waals surface area contributed by atoms with Gasteiger partial charge in [0.05, 0.1) is 33.5 Å². The topological polar surface area (TPSA) is 135 Å². The number of hydrogen-bond acceptors (Lipinski definition) is 12. The van der Waals surface area contributed by atoms with Crippen LogP contribution in [0.15, 0.2) is 6.33 Å². The van der Waals surface area contributed by atoms with Gasteiger partial charge in [-0.2, -0.15) is 9.97 Å². The number of hydrogen-bond donors (Lipinski definition) is 2. The SMILES string of the molecule is COc1ncnc2c(N3CCOCC3)nc(N(OCCO)OCCO)nc12. The molecule has 3 rings (SSSR count). The molecule has 0 saturated carbocycles. The van der Waals surface area contributed by atoms with Crippen molar-refractivity contribution in [2.24, 2.45) is 0 Å². The molecule has 0 atom stereocenters. The molecule has 1 aliphatic heterocycles. The van der Waals surface area contributed by atoms with Gasteiger partial charge >= 0.3 is 0 Å². The molecule has 0 amide bonds. The second-order valence-corrected chi connectivity index (χ2v) is 5.40. The molecule has 2 aromatic rings. The maximum atomic E-state index is 9.04. The summed E-state index contributed by atoms with van der Waals surface area (Å²) in [6, 6.07) is 0. The van der Waals surface area contributed by atoms with E-state index in [1.165, 1.54) is 13.4 Å². The van der Waals surface area contributed by atoms with Crippen molar-refractivity contribution in [1.82, 2.24) is 19.9 Å². The maximum Gasteiger partial charge on any atom is 0.280 e. The normalized spacial score (nSPS) is 14.6. The van der Waals surface area contributed by atoms with Crippen molar-refractivity contribution in [3.8, 4) is 5.88 Å². The van der Waals surface area contributed by atoms with E-state index in [0.717, 1.165) is 5.23 Å². The minimum absolute atomic E-state index is 0.0395. The van der Waals surface area contributed by atoms with E-state index in [9.17, 15) is 0 Å². The lowest BCUT2D eigenvalue weighted by atomic mass is 10.3. The van der Waals surface area contributed by atoms with E-state index < -0.39 is 0 Å².